The smallest absolute Gasteiger partial charge is 0.263 e. The molecule has 33 heavy (non-hydrogen) atoms. The Morgan fingerprint density at radius 3 is 2.64 bits per heavy atom. The number of benzene rings is 2. The van der Waals surface area contributed by atoms with Gasteiger partial charge in [0.15, 0.2) is 5.16 Å². The number of aryl methyl sites for hydroxylation is 1. The second-order valence-corrected chi connectivity index (χ2v) is 10.9. The molecule has 2 aliphatic carbocycles. The molecule has 0 atom stereocenters. The van der Waals surface area contributed by atoms with Gasteiger partial charge in [-0.15, -0.1) is 0 Å². The zero-order chi connectivity index (χ0) is 22.8. The van der Waals surface area contributed by atoms with E-state index >= 15 is 0 Å². The minimum absolute atomic E-state index is 0.0658. The highest BCUT2D eigenvalue weighted by molar-refractivity contribution is 7.99. The van der Waals surface area contributed by atoms with Crippen molar-refractivity contribution in [3.8, 4) is 16.9 Å². The highest BCUT2D eigenvalue weighted by atomic mass is 32.2. The number of unbranched alkanes of at least 4 members (excludes halogenated alkanes) is 3. The molecule has 1 saturated carbocycles. The average molecular weight is 459 g/mol. The molecule has 1 heterocycles. The fourth-order valence-electron chi connectivity index (χ4n) is 5.80. The van der Waals surface area contributed by atoms with Crippen molar-refractivity contribution < 1.29 is 0 Å². The zero-order valence-electron chi connectivity index (χ0n) is 19.9. The summed E-state index contributed by atoms with van der Waals surface area (Å²) >= 11 is 1.74. The van der Waals surface area contributed by atoms with Gasteiger partial charge in [0.25, 0.3) is 5.56 Å². The molecule has 2 aromatic carbocycles. The largest absolute Gasteiger partial charge is 0.268 e. The molecule has 0 radical (unpaired) electrons. The summed E-state index contributed by atoms with van der Waals surface area (Å²) in [6, 6.07) is 16.9. The van der Waals surface area contributed by atoms with Gasteiger partial charge in [-0.3, -0.25) is 9.36 Å². The Labute approximate surface area is 201 Å². The number of thioether (sulfide) groups is 1. The summed E-state index contributed by atoms with van der Waals surface area (Å²) in [6.45, 7) is 4.33. The number of rotatable bonds is 7. The van der Waals surface area contributed by atoms with Gasteiger partial charge in [-0.2, -0.15) is 0 Å². The van der Waals surface area contributed by atoms with Gasteiger partial charge in [-0.1, -0.05) is 87.2 Å². The quantitative estimate of drug-likeness (QED) is 0.212. The SMILES string of the molecule is CCCCCCSc1nc2c(c(=O)n1-c1cccc(C)c1)C1(CCCC1)Cc1ccccc1-2. The van der Waals surface area contributed by atoms with Crippen LogP contribution in [0.3, 0.4) is 0 Å². The molecule has 4 heteroatoms. The number of nitrogens with zero attached hydrogens (tertiary/aromatic N) is 2. The number of fused-ring (bicyclic) bond motifs is 4. The number of hydrogen-bond acceptors (Lipinski definition) is 3. The van der Waals surface area contributed by atoms with Crippen molar-refractivity contribution >= 4 is 11.8 Å². The van der Waals surface area contributed by atoms with Gasteiger partial charge in [-0.05, 0) is 55.9 Å². The van der Waals surface area contributed by atoms with Crippen molar-refractivity contribution in [1.82, 2.24) is 9.55 Å². The highest BCUT2D eigenvalue weighted by Gasteiger charge is 2.44. The van der Waals surface area contributed by atoms with E-state index in [1.807, 2.05) is 10.6 Å². The van der Waals surface area contributed by atoms with E-state index in [1.54, 1.807) is 11.8 Å². The van der Waals surface area contributed by atoms with Crippen LogP contribution in [0.5, 0.6) is 0 Å². The fourth-order valence-corrected chi connectivity index (χ4v) is 6.80. The van der Waals surface area contributed by atoms with Crippen molar-refractivity contribution in [2.24, 2.45) is 0 Å². The zero-order valence-corrected chi connectivity index (χ0v) is 20.7. The van der Waals surface area contributed by atoms with Crippen LogP contribution in [0.4, 0.5) is 0 Å². The van der Waals surface area contributed by atoms with Crippen LogP contribution in [-0.4, -0.2) is 15.3 Å². The number of hydrogen-bond donors (Lipinski definition) is 0. The van der Waals surface area contributed by atoms with Gasteiger partial charge in [-0.25, -0.2) is 4.98 Å². The standard InChI is InChI=1S/C29H34N2OS/c1-3-4-5-10-18-33-28-30-26-24-15-7-6-13-22(24)20-29(16-8-9-17-29)25(26)27(32)31(28)23-14-11-12-21(2)19-23/h6-7,11-15,19H,3-5,8-10,16-18,20H2,1-2H3. The van der Waals surface area contributed by atoms with Crippen LogP contribution >= 0.6 is 11.8 Å². The third-order valence-corrected chi connectivity index (χ3v) is 8.46. The van der Waals surface area contributed by atoms with Gasteiger partial charge in [0, 0.05) is 16.7 Å². The van der Waals surface area contributed by atoms with Crippen molar-refractivity contribution in [2.45, 2.75) is 82.2 Å². The normalized spacial score (nSPS) is 16.1. The molecule has 2 aliphatic rings. The van der Waals surface area contributed by atoms with Crippen LogP contribution in [-0.2, 0) is 11.8 Å². The van der Waals surface area contributed by atoms with Crippen molar-refractivity contribution in [3.05, 3.63) is 75.6 Å². The van der Waals surface area contributed by atoms with Crippen LogP contribution < -0.4 is 5.56 Å². The molecule has 0 bridgehead atoms. The lowest BCUT2D eigenvalue weighted by Crippen LogP contribution is -2.40. The first-order valence-corrected chi connectivity index (χ1v) is 13.6. The minimum Gasteiger partial charge on any atom is -0.268 e. The Hall–Kier alpha value is -2.33. The summed E-state index contributed by atoms with van der Waals surface area (Å²) in [4.78, 5) is 19.6. The number of aromatic nitrogens is 2. The Morgan fingerprint density at radius 2 is 1.85 bits per heavy atom. The summed E-state index contributed by atoms with van der Waals surface area (Å²) < 4.78 is 1.92. The minimum atomic E-state index is -0.0658. The Morgan fingerprint density at radius 1 is 1.03 bits per heavy atom. The van der Waals surface area contributed by atoms with Crippen LogP contribution in [0.1, 0.15) is 75.0 Å². The first-order chi connectivity index (χ1) is 16.1. The fraction of sp³-hybridized carbons (Fsp3) is 0.448. The first kappa shape index (κ1) is 22.5. The second kappa shape index (κ2) is 9.50. The third-order valence-electron chi connectivity index (χ3n) is 7.43. The Bertz CT molecular complexity index is 1210. The predicted octanol–water partition coefficient (Wildman–Crippen LogP) is 7.25. The summed E-state index contributed by atoms with van der Waals surface area (Å²) in [5.41, 5.74) is 6.62. The molecule has 0 amide bonds. The molecule has 1 fully saturated rings. The molecule has 3 aromatic rings. The molecule has 0 N–H and O–H groups in total. The van der Waals surface area contributed by atoms with E-state index in [0.29, 0.717) is 0 Å². The maximum atomic E-state index is 14.4. The van der Waals surface area contributed by atoms with Crippen molar-refractivity contribution in [1.29, 1.82) is 0 Å². The van der Waals surface area contributed by atoms with Gasteiger partial charge >= 0.3 is 0 Å². The Kier molecular flexibility index (Phi) is 6.47. The lowest BCUT2D eigenvalue weighted by molar-refractivity contribution is 0.422. The summed E-state index contributed by atoms with van der Waals surface area (Å²) in [5, 5.41) is 0.839. The molecule has 1 spiro atoms. The van der Waals surface area contributed by atoms with E-state index in [2.05, 4.69) is 56.3 Å². The maximum Gasteiger partial charge on any atom is 0.263 e. The van der Waals surface area contributed by atoms with Crippen LogP contribution in [0.25, 0.3) is 16.9 Å². The molecule has 3 nitrogen and oxygen atoms in total. The van der Waals surface area contributed by atoms with E-state index in [9.17, 15) is 4.79 Å². The topological polar surface area (TPSA) is 34.9 Å². The molecular formula is C29H34N2OS. The third kappa shape index (κ3) is 4.19. The van der Waals surface area contributed by atoms with Crippen LogP contribution in [0, 0.1) is 6.92 Å². The predicted molar refractivity (Wildman–Crippen MR) is 139 cm³/mol. The summed E-state index contributed by atoms with van der Waals surface area (Å²) in [7, 11) is 0. The molecule has 1 aromatic heterocycles. The van der Waals surface area contributed by atoms with Crippen LogP contribution in [0.2, 0.25) is 0 Å². The molecule has 0 unspecified atom stereocenters. The van der Waals surface area contributed by atoms with Gasteiger partial charge in [0.05, 0.1) is 16.9 Å². The first-order valence-electron chi connectivity index (χ1n) is 12.6. The second-order valence-electron chi connectivity index (χ2n) is 9.83. The summed E-state index contributed by atoms with van der Waals surface area (Å²) in [6.07, 6.45) is 10.4. The van der Waals surface area contributed by atoms with E-state index in [0.717, 1.165) is 64.7 Å². The monoisotopic (exact) mass is 458 g/mol. The summed E-state index contributed by atoms with van der Waals surface area (Å²) in [5.74, 6) is 0.990. The lowest BCUT2D eigenvalue weighted by atomic mass is 9.68. The molecule has 5 rings (SSSR count). The van der Waals surface area contributed by atoms with Gasteiger partial charge < -0.3 is 0 Å². The lowest BCUT2D eigenvalue weighted by Gasteiger charge is -2.36. The van der Waals surface area contributed by atoms with Gasteiger partial charge in [0.2, 0.25) is 0 Å². The van der Waals surface area contributed by atoms with E-state index in [-0.39, 0.29) is 11.0 Å². The van der Waals surface area contributed by atoms with E-state index in [4.69, 9.17) is 4.98 Å². The molecule has 0 aliphatic heterocycles. The van der Waals surface area contributed by atoms with Gasteiger partial charge in [0.1, 0.15) is 0 Å². The van der Waals surface area contributed by atoms with Crippen LogP contribution in [0.15, 0.2) is 58.5 Å². The average Bonchev–Trinajstić information content (AvgIpc) is 3.27. The Balaban J connectivity index is 1.70. The molecule has 172 valence electrons. The molecular weight excluding hydrogens is 424 g/mol. The van der Waals surface area contributed by atoms with E-state index < -0.39 is 0 Å². The van der Waals surface area contributed by atoms with Crippen molar-refractivity contribution in [3.63, 3.8) is 0 Å². The highest BCUT2D eigenvalue weighted by Crippen LogP contribution is 2.50. The maximum absolute atomic E-state index is 14.4. The van der Waals surface area contributed by atoms with E-state index in [1.165, 1.54) is 37.7 Å². The molecule has 0 saturated heterocycles. The van der Waals surface area contributed by atoms with Crippen molar-refractivity contribution in [2.75, 3.05) is 5.75 Å².